The Kier molecular flexibility index (Phi) is 6.62. The molecule has 0 heterocycles. The minimum atomic E-state index is 0.381. The van der Waals surface area contributed by atoms with Crippen LogP contribution in [0, 0.1) is 0 Å². The Morgan fingerprint density at radius 2 is 2.36 bits per heavy atom. The summed E-state index contributed by atoms with van der Waals surface area (Å²) in [6.07, 6.45) is 0. The Balaban J connectivity index is 3.37. The van der Waals surface area contributed by atoms with Gasteiger partial charge < -0.3 is 10.1 Å². The molecule has 0 saturated carbocycles. The van der Waals surface area contributed by atoms with Gasteiger partial charge in [0.1, 0.15) is 0 Å². The molecule has 2 nitrogen and oxygen atoms in total. The van der Waals surface area contributed by atoms with Crippen LogP contribution in [0.4, 0.5) is 0 Å². The summed E-state index contributed by atoms with van der Waals surface area (Å²) in [6, 6.07) is 0.381. The van der Waals surface area contributed by atoms with Gasteiger partial charge in [0.25, 0.3) is 0 Å². The minimum absolute atomic E-state index is 0.381. The first-order valence-electron chi connectivity index (χ1n) is 3.69. The van der Waals surface area contributed by atoms with Gasteiger partial charge in [-0.1, -0.05) is 11.6 Å². The number of nitrogens with one attached hydrogen (secondary N) is 1. The summed E-state index contributed by atoms with van der Waals surface area (Å²) in [5, 5.41) is 3.26. The van der Waals surface area contributed by atoms with E-state index in [2.05, 4.69) is 12.2 Å². The Morgan fingerprint density at radius 1 is 1.73 bits per heavy atom. The van der Waals surface area contributed by atoms with E-state index in [0.717, 1.165) is 18.7 Å². The lowest BCUT2D eigenvalue weighted by molar-refractivity contribution is 0.173. The van der Waals surface area contributed by atoms with E-state index in [1.807, 2.05) is 6.92 Å². The van der Waals surface area contributed by atoms with Gasteiger partial charge in [-0.25, -0.2) is 0 Å². The SMILES string of the molecule is COCC(C)NCC(C)=CCl. The molecule has 1 atom stereocenters. The largest absolute Gasteiger partial charge is 0.383 e. The normalized spacial score (nSPS) is 15.1. The third-order valence-corrected chi connectivity index (χ3v) is 1.70. The Bertz CT molecular complexity index is 125. The molecule has 0 rings (SSSR count). The Morgan fingerprint density at radius 3 is 2.82 bits per heavy atom. The smallest absolute Gasteiger partial charge is 0.0613 e. The molecule has 0 aromatic carbocycles. The molecule has 0 bridgehead atoms. The van der Waals surface area contributed by atoms with Crippen LogP contribution in [0.25, 0.3) is 0 Å². The molecule has 0 aromatic rings. The van der Waals surface area contributed by atoms with Gasteiger partial charge in [-0.15, -0.1) is 0 Å². The molecule has 0 spiro atoms. The standard InChI is InChI=1S/C8H16ClNO/c1-7(4-9)5-10-8(2)6-11-3/h4,8,10H,5-6H2,1-3H3. The van der Waals surface area contributed by atoms with Gasteiger partial charge in [0, 0.05) is 25.2 Å². The molecule has 1 N–H and O–H groups in total. The lowest BCUT2D eigenvalue weighted by atomic mass is 10.3. The van der Waals surface area contributed by atoms with Crippen LogP contribution in [0.1, 0.15) is 13.8 Å². The molecule has 1 unspecified atom stereocenters. The molecule has 0 aromatic heterocycles. The van der Waals surface area contributed by atoms with Crippen molar-refractivity contribution >= 4 is 11.6 Å². The van der Waals surface area contributed by atoms with Crippen LogP contribution in [0.15, 0.2) is 11.1 Å². The molecule has 0 fully saturated rings. The summed E-state index contributed by atoms with van der Waals surface area (Å²) in [5.41, 5.74) is 2.72. The van der Waals surface area contributed by atoms with Gasteiger partial charge in [0.2, 0.25) is 0 Å². The van der Waals surface area contributed by atoms with Crippen molar-refractivity contribution in [2.75, 3.05) is 20.3 Å². The van der Waals surface area contributed by atoms with E-state index in [-0.39, 0.29) is 0 Å². The average molecular weight is 178 g/mol. The molecule has 3 heteroatoms. The highest BCUT2D eigenvalue weighted by Crippen LogP contribution is 1.93. The van der Waals surface area contributed by atoms with E-state index >= 15 is 0 Å². The van der Waals surface area contributed by atoms with E-state index in [1.165, 1.54) is 0 Å². The molecule has 11 heavy (non-hydrogen) atoms. The van der Waals surface area contributed by atoms with Crippen molar-refractivity contribution in [1.82, 2.24) is 5.32 Å². The van der Waals surface area contributed by atoms with E-state index in [0.29, 0.717) is 6.04 Å². The molecule has 0 saturated heterocycles. The zero-order chi connectivity index (χ0) is 8.69. The summed E-state index contributed by atoms with van der Waals surface area (Å²) >= 11 is 5.48. The quantitative estimate of drug-likeness (QED) is 0.691. The number of hydrogen-bond acceptors (Lipinski definition) is 2. The van der Waals surface area contributed by atoms with Crippen LogP contribution in [0.2, 0.25) is 0 Å². The summed E-state index contributed by atoms with van der Waals surface area (Å²) in [5.74, 6) is 0. The van der Waals surface area contributed by atoms with Crippen molar-refractivity contribution in [1.29, 1.82) is 0 Å². The Labute approximate surface area is 73.6 Å². The van der Waals surface area contributed by atoms with Crippen molar-refractivity contribution in [3.05, 3.63) is 11.1 Å². The van der Waals surface area contributed by atoms with Gasteiger partial charge in [-0.2, -0.15) is 0 Å². The first kappa shape index (κ1) is 11.0. The maximum Gasteiger partial charge on any atom is 0.0613 e. The molecule has 0 aliphatic heterocycles. The topological polar surface area (TPSA) is 21.3 Å². The summed E-state index contributed by atoms with van der Waals surface area (Å²) in [6.45, 7) is 5.62. The monoisotopic (exact) mass is 177 g/mol. The summed E-state index contributed by atoms with van der Waals surface area (Å²) in [7, 11) is 1.70. The Hall–Kier alpha value is -0.0500. The third-order valence-electron chi connectivity index (χ3n) is 1.33. The van der Waals surface area contributed by atoms with Crippen LogP contribution in [0.3, 0.4) is 0 Å². The molecular weight excluding hydrogens is 162 g/mol. The molecular formula is C8H16ClNO. The zero-order valence-corrected chi connectivity index (χ0v) is 8.11. The third kappa shape index (κ3) is 6.35. The van der Waals surface area contributed by atoms with Crippen molar-refractivity contribution in [2.45, 2.75) is 19.9 Å². The van der Waals surface area contributed by atoms with Gasteiger partial charge in [0.05, 0.1) is 6.61 Å². The predicted molar refractivity (Wildman–Crippen MR) is 49.0 cm³/mol. The number of halogens is 1. The second-order valence-electron chi connectivity index (χ2n) is 2.69. The lowest BCUT2D eigenvalue weighted by Gasteiger charge is -2.11. The highest BCUT2D eigenvalue weighted by molar-refractivity contribution is 6.25. The highest BCUT2D eigenvalue weighted by atomic mass is 35.5. The molecule has 0 amide bonds. The fourth-order valence-electron chi connectivity index (χ4n) is 0.683. The summed E-state index contributed by atoms with van der Waals surface area (Å²) in [4.78, 5) is 0. The first-order valence-corrected chi connectivity index (χ1v) is 4.12. The van der Waals surface area contributed by atoms with E-state index in [4.69, 9.17) is 16.3 Å². The fourth-order valence-corrected chi connectivity index (χ4v) is 0.760. The van der Waals surface area contributed by atoms with Crippen LogP contribution < -0.4 is 5.32 Å². The van der Waals surface area contributed by atoms with Crippen molar-refractivity contribution in [2.24, 2.45) is 0 Å². The number of rotatable bonds is 5. The van der Waals surface area contributed by atoms with Crippen molar-refractivity contribution in [3.8, 4) is 0 Å². The van der Waals surface area contributed by atoms with E-state index in [9.17, 15) is 0 Å². The van der Waals surface area contributed by atoms with Crippen LogP contribution in [-0.4, -0.2) is 26.3 Å². The number of methoxy groups -OCH3 is 1. The second kappa shape index (κ2) is 6.65. The maximum absolute atomic E-state index is 5.48. The fraction of sp³-hybridized carbons (Fsp3) is 0.750. The lowest BCUT2D eigenvalue weighted by Crippen LogP contribution is -2.31. The number of hydrogen-bond donors (Lipinski definition) is 1. The van der Waals surface area contributed by atoms with Crippen LogP contribution >= 0.6 is 11.6 Å². The van der Waals surface area contributed by atoms with E-state index < -0.39 is 0 Å². The average Bonchev–Trinajstić information content (AvgIpc) is 2.01. The second-order valence-corrected chi connectivity index (χ2v) is 2.91. The van der Waals surface area contributed by atoms with Crippen LogP contribution in [-0.2, 0) is 4.74 Å². The predicted octanol–water partition coefficient (Wildman–Crippen LogP) is 1.75. The maximum atomic E-state index is 5.48. The number of ether oxygens (including phenoxy) is 1. The van der Waals surface area contributed by atoms with E-state index in [1.54, 1.807) is 12.6 Å². The van der Waals surface area contributed by atoms with Gasteiger partial charge in [-0.3, -0.25) is 0 Å². The molecule has 0 aliphatic carbocycles. The zero-order valence-electron chi connectivity index (χ0n) is 7.36. The van der Waals surface area contributed by atoms with Gasteiger partial charge in [-0.05, 0) is 19.4 Å². The molecule has 0 radical (unpaired) electrons. The highest BCUT2D eigenvalue weighted by Gasteiger charge is 1.98. The molecule has 0 aliphatic rings. The van der Waals surface area contributed by atoms with Crippen molar-refractivity contribution < 1.29 is 4.74 Å². The van der Waals surface area contributed by atoms with Gasteiger partial charge in [0.15, 0.2) is 0 Å². The van der Waals surface area contributed by atoms with Crippen LogP contribution in [0.5, 0.6) is 0 Å². The minimum Gasteiger partial charge on any atom is -0.383 e. The van der Waals surface area contributed by atoms with Crippen molar-refractivity contribution in [3.63, 3.8) is 0 Å². The summed E-state index contributed by atoms with van der Waals surface area (Å²) < 4.78 is 4.95. The first-order chi connectivity index (χ1) is 5.20. The molecule has 66 valence electrons. The van der Waals surface area contributed by atoms with Gasteiger partial charge >= 0.3 is 0 Å².